The molecule has 5 rings (SSSR count). The standard InChI is InChI=1S/C20H17N9O/c1-12-15(23-9-8-22-12)16-25-17-14-10-24-29(18(14)26-19(21)28(17)27-16)20(2,11-30)13-6-4-3-5-7-13/h3-11H,1-2H3,(H2,21,26). The van der Waals surface area contributed by atoms with Crippen LogP contribution in [0.25, 0.3) is 28.2 Å². The molecular weight excluding hydrogens is 382 g/mol. The van der Waals surface area contributed by atoms with Gasteiger partial charge in [0.05, 0.1) is 17.3 Å². The minimum Gasteiger partial charge on any atom is -0.368 e. The van der Waals surface area contributed by atoms with E-state index in [-0.39, 0.29) is 5.95 Å². The second-order valence-corrected chi connectivity index (χ2v) is 7.06. The Morgan fingerprint density at radius 1 is 1.07 bits per heavy atom. The SMILES string of the molecule is Cc1nccnc1-c1nc2c3cnn(C(C)(C=O)c4ccccc4)c3nc(N)n2n1. The highest BCUT2D eigenvalue weighted by Crippen LogP contribution is 2.29. The number of rotatable bonds is 4. The molecule has 0 saturated heterocycles. The van der Waals surface area contributed by atoms with E-state index < -0.39 is 5.54 Å². The van der Waals surface area contributed by atoms with Crippen molar-refractivity contribution < 1.29 is 4.79 Å². The molecule has 10 heteroatoms. The van der Waals surface area contributed by atoms with Gasteiger partial charge in [0.25, 0.3) is 0 Å². The third-order valence-electron chi connectivity index (χ3n) is 5.15. The Morgan fingerprint density at radius 3 is 2.57 bits per heavy atom. The number of benzene rings is 1. The highest BCUT2D eigenvalue weighted by molar-refractivity contribution is 5.91. The van der Waals surface area contributed by atoms with Gasteiger partial charge in [0.1, 0.15) is 11.2 Å². The zero-order valence-corrected chi connectivity index (χ0v) is 16.3. The van der Waals surface area contributed by atoms with Crippen molar-refractivity contribution in [3.63, 3.8) is 0 Å². The molecule has 1 unspecified atom stereocenters. The molecule has 148 valence electrons. The lowest BCUT2D eigenvalue weighted by Gasteiger charge is -2.24. The van der Waals surface area contributed by atoms with Crippen molar-refractivity contribution in [1.82, 2.24) is 39.3 Å². The van der Waals surface area contributed by atoms with Gasteiger partial charge >= 0.3 is 0 Å². The van der Waals surface area contributed by atoms with Gasteiger partial charge in [-0.15, -0.1) is 5.10 Å². The largest absolute Gasteiger partial charge is 0.368 e. The summed E-state index contributed by atoms with van der Waals surface area (Å²) in [6.07, 6.45) is 5.65. The smallest absolute Gasteiger partial charge is 0.225 e. The lowest BCUT2D eigenvalue weighted by molar-refractivity contribution is -0.113. The predicted molar refractivity (Wildman–Crippen MR) is 110 cm³/mol. The van der Waals surface area contributed by atoms with Crippen LogP contribution in [-0.4, -0.2) is 45.6 Å². The maximum Gasteiger partial charge on any atom is 0.225 e. The molecule has 0 aliphatic rings. The van der Waals surface area contributed by atoms with Crippen molar-refractivity contribution in [3.8, 4) is 11.5 Å². The first kappa shape index (κ1) is 17.9. The molecule has 1 aromatic carbocycles. The van der Waals surface area contributed by atoms with Gasteiger partial charge in [0.15, 0.2) is 17.6 Å². The second kappa shape index (κ2) is 6.41. The first-order chi connectivity index (χ1) is 14.5. The Balaban J connectivity index is 1.77. The Hall–Kier alpha value is -4.21. The molecule has 0 spiro atoms. The summed E-state index contributed by atoms with van der Waals surface area (Å²) in [6, 6.07) is 9.38. The normalized spacial score (nSPS) is 13.5. The average Bonchev–Trinajstić information content (AvgIpc) is 3.39. The zero-order valence-electron chi connectivity index (χ0n) is 16.3. The molecular formula is C20H17N9O. The quantitative estimate of drug-likeness (QED) is 0.453. The highest BCUT2D eigenvalue weighted by Gasteiger charge is 2.32. The molecule has 30 heavy (non-hydrogen) atoms. The van der Waals surface area contributed by atoms with Crippen LogP contribution < -0.4 is 5.73 Å². The maximum atomic E-state index is 12.2. The minimum absolute atomic E-state index is 0.126. The van der Waals surface area contributed by atoms with Gasteiger partial charge in [-0.2, -0.15) is 14.6 Å². The summed E-state index contributed by atoms with van der Waals surface area (Å²) in [6.45, 7) is 3.61. The fraction of sp³-hybridized carbons (Fsp3) is 0.150. The number of aryl methyl sites for hydroxylation is 1. The van der Waals surface area contributed by atoms with Crippen LogP contribution in [0.5, 0.6) is 0 Å². The van der Waals surface area contributed by atoms with Gasteiger partial charge in [-0.05, 0) is 19.4 Å². The van der Waals surface area contributed by atoms with E-state index in [1.165, 1.54) is 4.52 Å². The Morgan fingerprint density at radius 2 is 1.83 bits per heavy atom. The number of anilines is 1. The second-order valence-electron chi connectivity index (χ2n) is 7.06. The van der Waals surface area contributed by atoms with E-state index in [1.54, 1.807) is 30.2 Å². The molecule has 10 nitrogen and oxygen atoms in total. The van der Waals surface area contributed by atoms with E-state index in [0.717, 1.165) is 11.8 Å². The van der Waals surface area contributed by atoms with Crippen LogP contribution in [0.4, 0.5) is 5.95 Å². The molecule has 0 bridgehead atoms. The molecule has 0 amide bonds. The minimum atomic E-state index is -1.06. The molecule has 0 saturated carbocycles. The molecule has 0 aliphatic heterocycles. The van der Waals surface area contributed by atoms with Gasteiger partial charge in [-0.1, -0.05) is 30.3 Å². The van der Waals surface area contributed by atoms with E-state index in [9.17, 15) is 4.79 Å². The Kier molecular flexibility index (Phi) is 3.82. The molecule has 1 atom stereocenters. The average molecular weight is 399 g/mol. The van der Waals surface area contributed by atoms with Crippen LogP contribution in [0.1, 0.15) is 18.2 Å². The van der Waals surface area contributed by atoms with E-state index in [1.807, 2.05) is 37.3 Å². The number of aldehydes is 1. The topological polar surface area (TPSA) is 130 Å². The van der Waals surface area contributed by atoms with Crippen LogP contribution in [0.2, 0.25) is 0 Å². The number of nitrogen functional groups attached to an aromatic ring is 1. The molecule has 0 aliphatic carbocycles. The maximum absolute atomic E-state index is 12.2. The lowest BCUT2D eigenvalue weighted by atomic mass is 9.94. The number of fused-ring (bicyclic) bond motifs is 3. The lowest BCUT2D eigenvalue weighted by Crippen LogP contribution is -2.34. The Labute approximate surface area is 170 Å². The number of nitrogens with zero attached hydrogens (tertiary/aromatic N) is 8. The summed E-state index contributed by atoms with van der Waals surface area (Å²) in [5.74, 6) is 0.511. The van der Waals surface area contributed by atoms with E-state index in [2.05, 4.69) is 30.1 Å². The Bertz CT molecular complexity index is 1410. The number of hydrogen-bond acceptors (Lipinski definition) is 8. The van der Waals surface area contributed by atoms with Crippen LogP contribution >= 0.6 is 0 Å². The molecule has 4 heterocycles. The van der Waals surface area contributed by atoms with Crippen molar-refractivity contribution in [2.75, 3.05) is 5.73 Å². The van der Waals surface area contributed by atoms with Crippen molar-refractivity contribution in [2.45, 2.75) is 19.4 Å². The van der Waals surface area contributed by atoms with Crippen LogP contribution in [0.3, 0.4) is 0 Å². The van der Waals surface area contributed by atoms with Crippen LogP contribution in [0.15, 0.2) is 48.9 Å². The number of carbonyl (C=O) groups is 1. The summed E-state index contributed by atoms with van der Waals surface area (Å²) in [5.41, 5.74) is 8.08. The zero-order chi connectivity index (χ0) is 20.9. The number of hydrogen-bond donors (Lipinski definition) is 1. The summed E-state index contributed by atoms with van der Waals surface area (Å²) in [7, 11) is 0. The molecule has 0 fully saturated rings. The summed E-state index contributed by atoms with van der Waals surface area (Å²) in [5, 5.41) is 9.53. The molecule has 2 N–H and O–H groups in total. The fourth-order valence-corrected chi connectivity index (χ4v) is 3.49. The van der Waals surface area contributed by atoms with Crippen molar-refractivity contribution in [3.05, 3.63) is 60.2 Å². The molecule has 4 aromatic heterocycles. The number of nitrogens with two attached hydrogens (primary N) is 1. The van der Waals surface area contributed by atoms with Crippen molar-refractivity contribution in [1.29, 1.82) is 0 Å². The summed E-state index contributed by atoms with van der Waals surface area (Å²) < 4.78 is 3.00. The van der Waals surface area contributed by atoms with Gasteiger partial charge in [0.2, 0.25) is 11.8 Å². The summed E-state index contributed by atoms with van der Waals surface area (Å²) >= 11 is 0. The molecule has 5 aromatic rings. The fourth-order valence-electron chi connectivity index (χ4n) is 3.49. The van der Waals surface area contributed by atoms with Gasteiger partial charge < -0.3 is 10.5 Å². The van der Waals surface area contributed by atoms with Crippen molar-refractivity contribution >= 4 is 28.9 Å². The van der Waals surface area contributed by atoms with Crippen LogP contribution in [0, 0.1) is 6.92 Å². The monoisotopic (exact) mass is 399 g/mol. The van der Waals surface area contributed by atoms with Gasteiger partial charge in [-0.3, -0.25) is 4.98 Å². The first-order valence-corrected chi connectivity index (χ1v) is 9.23. The van der Waals surface area contributed by atoms with E-state index >= 15 is 0 Å². The predicted octanol–water partition coefficient (Wildman–Crippen LogP) is 1.78. The van der Waals surface area contributed by atoms with E-state index in [0.29, 0.717) is 33.9 Å². The van der Waals surface area contributed by atoms with Gasteiger partial charge in [-0.25, -0.2) is 14.6 Å². The number of aromatic nitrogens is 8. The summed E-state index contributed by atoms with van der Waals surface area (Å²) in [4.78, 5) is 29.8. The highest BCUT2D eigenvalue weighted by atomic mass is 16.1. The van der Waals surface area contributed by atoms with E-state index in [4.69, 9.17) is 5.73 Å². The first-order valence-electron chi connectivity index (χ1n) is 9.23. The third kappa shape index (κ3) is 2.47. The third-order valence-corrected chi connectivity index (χ3v) is 5.15. The van der Waals surface area contributed by atoms with Crippen LogP contribution in [-0.2, 0) is 10.3 Å². The van der Waals surface area contributed by atoms with Crippen molar-refractivity contribution in [2.24, 2.45) is 0 Å². The van der Waals surface area contributed by atoms with Gasteiger partial charge in [0, 0.05) is 12.4 Å². The molecule has 0 radical (unpaired) electrons. The number of carbonyl (C=O) groups excluding carboxylic acids is 1.